The fourth-order valence-corrected chi connectivity index (χ4v) is 4.87. The highest BCUT2D eigenvalue weighted by Crippen LogP contribution is 2.31. The van der Waals surface area contributed by atoms with Crippen LogP contribution in [0.5, 0.6) is 0 Å². The maximum atomic E-state index is 12.6. The van der Waals surface area contributed by atoms with E-state index in [0.717, 1.165) is 25.9 Å². The van der Waals surface area contributed by atoms with Crippen molar-refractivity contribution in [1.82, 2.24) is 14.2 Å². The van der Waals surface area contributed by atoms with Crippen molar-refractivity contribution in [3.63, 3.8) is 0 Å². The molecule has 0 spiro atoms. The topological polar surface area (TPSA) is 54.3 Å². The summed E-state index contributed by atoms with van der Waals surface area (Å²) in [5, 5.41) is 3.31. The van der Waals surface area contributed by atoms with Gasteiger partial charge in [0.2, 0.25) is 10.0 Å². The summed E-state index contributed by atoms with van der Waals surface area (Å²) in [6.07, 6.45) is 5.57. The van der Waals surface area contributed by atoms with Gasteiger partial charge >= 0.3 is 0 Å². The molecule has 2 atom stereocenters. The van der Waals surface area contributed by atoms with E-state index in [9.17, 15) is 8.42 Å². The summed E-state index contributed by atoms with van der Waals surface area (Å²) in [5.74, 6) is 0.484. The van der Waals surface area contributed by atoms with E-state index < -0.39 is 10.0 Å². The molecule has 1 N–H and O–H groups in total. The van der Waals surface area contributed by atoms with Crippen molar-refractivity contribution in [2.75, 3.05) is 19.6 Å². The summed E-state index contributed by atoms with van der Waals surface area (Å²) in [4.78, 5) is 0.414. The largest absolute Gasteiger partial charge is 0.356 e. The number of nitrogens with zero attached hydrogens (tertiary/aromatic N) is 2. The molecule has 6 heteroatoms. The predicted molar refractivity (Wildman–Crippen MR) is 68.7 cm³/mol. The van der Waals surface area contributed by atoms with Gasteiger partial charge in [0.1, 0.15) is 0 Å². The first-order valence-corrected chi connectivity index (χ1v) is 7.87. The van der Waals surface area contributed by atoms with Gasteiger partial charge in [0.15, 0.2) is 0 Å². The van der Waals surface area contributed by atoms with Crippen molar-refractivity contribution in [3.05, 3.63) is 18.5 Å². The molecule has 3 heterocycles. The predicted octanol–water partition coefficient (Wildman–Crippen LogP) is 0.398. The SMILES string of the molecule is Cn1ccc(S(=O)(=O)N2CCCC3CNCC32)c1. The van der Waals surface area contributed by atoms with E-state index in [1.807, 2.05) is 7.05 Å². The highest BCUT2D eigenvalue weighted by atomic mass is 32.2. The Morgan fingerprint density at radius 3 is 2.94 bits per heavy atom. The van der Waals surface area contributed by atoms with E-state index in [0.29, 0.717) is 17.4 Å². The smallest absolute Gasteiger partial charge is 0.244 e. The first-order valence-electron chi connectivity index (χ1n) is 6.43. The fourth-order valence-electron chi connectivity index (χ4n) is 3.09. The quantitative estimate of drug-likeness (QED) is 0.845. The van der Waals surface area contributed by atoms with Crippen molar-refractivity contribution >= 4 is 10.0 Å². The second kappa shape index (κ2) is 4.36. The zero-order valence-electron chi connectivity index (χ0n) is 10.5. The van der Waals surface area contributed by atoms with Crippen LogP contribution < -0.4 is 5.32 Å². The molecule has 0 amide bonds. The highest BCUT2D eigenvalue weighted by Gasteiger charge is 2.41. The van der Waals surface area contributed by atoms with Crippen molar-refractivity contribution in [3.8, 4) is 0 Å². The van der Waals surface area contributed by atoms with Gasteiger partial charge in [-0.1, -0.05) is 0 Å². The molecule has 3 rings (SSSR count). The third kappa shape index (κ3) is 1.88. The average Bonchev–Trinajstić information content (AvgIpc) is 2.96. The van der Waals surface area contributed by atoms with E-state index in [2.05, 4.69) is 5.32 Å². The van der Waals surface area contributed by atoms with Crippen LogP contribution in [0.2, 0.25) is 0 Å². The van der Waals surface area contributed by atoms with Crippen molar-refractivity contribution in [2.45, 2.75) is 23.8 Å². The second-order valence-electron chi connectivity index (χ2n) is 5.26. The van der Waals surface area contributed by atoms with E-state index in [1.165, 1.54) is 0 Å². The van der Waals surface area contributed by atoms with Crippen LogP contribution in [0.15, 0.2) is 23.4 Å². The molecule has 0 aromatic carbocycles. The van der Waals surface area contributed by atoms with Crippen LogP contribution in [0.4, 0.5) is 0 Å². The zero-order chi connectivity index (χ0) is 12.8. The summed E-state index contributed by atoms with van der Waals surface area (Å²) in [5.41, 5.74) is 0. The molecule has 5 nitrogen and oxygen atoms in total. The number of sulfonamides is 1. The van der Waals surface area contributed by atoms with Crippen LogP contribution in [-0.2, 0) is 17.1 Å². The van der Waals surface area contributed by atoms with E-state index in [-0.39, 0.29) is 6.04 Å². The maximum absolute atomic E-state index is 12.6. The minimum Gasteiger partial charge on any atom is -0.356 e. The van der Waals surface area contributed by atoms with Gasteiger partial charge in [0, 0.05) is 38.6 Å². The Hall–Kier alpha value is -0.850. The normalized spacial score (nSPS) is 29.4. The Balaban J connectivity index is 1.93. The molecule has 18 heavy (non-hydrogen) atoms. The molecule has 1 aromatic heterocycles. The lowest BCUT2D eigenvalue weighted by molar-refractivity contribution is 0.217. The number of rotatable bonds is 2. The van der Waals surface area contributed by atoms with Gasteiger partial charge in [-0.05, 0) is 31.4 Å². The van der Waals surface area contributed by atoms with E-state index in [4.69, 9.17) is 0 Å². The summed E-state index contributed by atoms with van der Waals surface area (Å²) in [7, 11) is -1.48. The van der Waals surface area contributed by atoms with Gasteiger partial charge in [0.05, 0.1) is 4.90 Å². The standard InChI is InChI=1S/C12H19N3O2S/c1-14-6-4-11(9-14)18(16,17)15-5-2-3-10-7-13-8-12(10)15/h4,6,9-10,12-13H,2-3,5,7-8H2,1H3. The molecule has 2 aliphatic rings. The summed E-state index contributed by atoms with van der Waals surface area (Å²) < 4.78 is 28.7. The molecule has 1 aromatic rings. The molecule has 100 valence electrons. The third-order valence-corrected chi connectivity index (χ3v) is 5.95. The molecule has 2 aliphatic heterocycles. The van der Waals surface area contributed by atoms with Crippen LogP contribution in [0.3, 0.4) is 0 Å². The fraction of sp³-hybridized carbons (Fsp3) is 0.667. The number of hydrogen-bond donors (Lipinski definition) is 1. The number of fused-ring (bicyclic) bond motifs is 1. The minimum atomic E-state index is -3.32. The lowest BCUT2D eigenvalue weighted by Gasteiger charge is -2.35. The van der Waals surface area contributed by atoms with Gasteiger partial charge in [-0.3, -0.25) is 0 Å². The number of aryl methyl sites for hydroxylation is 1. The van der Waals surface area contributed by atoms with Crippen LogP contribution in [-0.4, -0.2) is 43.0 Å². The van der Waals surface area contributed by atoms with Gasteiger partial charge in [0.25, 0.3) is 0 Å². The van der Waals surface area contributed by atoms with Gasteiger partial charge in [-0.15, -0.1) is 0 Å². The zero-order valence-corrected chi connectivity index (χ0v) is 11.4. The molecule has 0 bridgehead atoms. The maximum Gasteiger partial charge on any atom is 0.244 e. The Kier molecular flexibility index (Phi) is 2.96. The molecule has 0 saturated carbocycles. The summed E-state index contributed by atoms with van der Waals surface area (Å²) >= 11 is 0. The molecule has 0 aliphatic carbocycles. The average molecular weight is 269 g/mol. The van der Waals surface area contributed by atoms with Gasteiger partial charge in [-0.25, -0.2) is 8.42 Å². The van der Waals surface area contributed by atoms with Crippen molar-refractivity contribution in [1.29, 1.82) is 0 Å². The molecule has 2 fully saturated rings. The van der Waals surface area contributed by atoms with Crippen LogP contribution in [0.1, 0.15) is 12.8 Å². The molecule has 2 saturated heterocycles. The lowest BCUT2D eigenvalue weighted by atomic mass is 9.94. The third-order valence-electron chi connectivity index (χ3n) is 4.04. The Morgan fingerprint density at radius 2 is 2.22 bits per heavy atom. The van der Waals surface area contributed by atoms with Crippen LogP contribution >= 0.6 is 0 Å². The second-order valence-corrected chi connectivity index (χ2v) is 7.15. The Morgan fingerprint density at radius 1 is 1.39 bits per heavy atom. The molecular formula is C12H19N3O2S. The number of piperidine rings is 1. The molecule has 2 unspecified atom stereocenters. The Bertz CT molecular complexity index is 537. The van der Waals surface area contributed by atoms with Crippen LogP contribution in [0, 0.1) is 5.92 Å². The van der Waals surface area contributed by atoms with Gasteiger partial charge < -0.3 is 9.88 Å². The number of hydrogen-bond acceptors (Lipinski definition) is 3. The Labute approximate surface area is 108 Å². The lowest BCUT2D eigenvalue weighted by Crippen LogP contribution is -2.48. The van der Waals surface area contributed by atoms with E-state index >= 15 is 0 Å². The number of aromatic nitrogens is 1. The molecule has 0 radical (unpaired) electrons. The molecular weight excluding hydrogens is 250 g/mol. The minimum absolute atomic E-state index is 0.143. The summed E-state index contributed by atoms with van der Waals surface area (Å²) in [6.45, 7) is 2.39. The van der Waals surface area contributed by atoms with Crippen LogP contribution in [0.25, 0.3) is 0 Å². The monoisotopic (exact) mass is 269 g/mol. The van der Waals surface area contributed by atoms with E-state index in [1.54, 1.807) is 27.3 Å². The van der Waals surface area contributed by atoms with Crippen molar-refractivity contribution < 1.29 is 8.42 Å². The highest BCUT2D eigenvalue weighted by molar-refractivity contribution is 7.89. The van der Waals surface area contributed by atoms with Gasteiger partial charge in [-0.2, -0.15) is 4.31 Å². The summed E-state index contributed by atoms with van der Waals surface area (Å²) in [6, 6.07) is 1.82. The first kappa shape index (κ1) is 12.2. The number of nitrogens with one attached hydrogen (secondary N) is 1. The van der Waals surface area contributed by atoms with Crippen molar-refractivity contribution in [2.24, 2.45) is 13.0 Å². The first-order chi connectivity index (χ1) is 8.59.